The Morgan fingerprint density at radius 2 is 1.79 bits per heavy atom. The van der Waals surface area contributed by atoms with E-state index in [1.807, 2.05) is 0 Å². The molecule has 2 saturated heterocycles. The molecule has 2 aliphatic rings. The number of likely N-dealkylation sites (N-methyl/N-ethyl adjacent to an activating group) is 1. The van der Waals surface area contributed by atoms with Gasteiger partial charge in [-0.2, -0.15) is 4.31 Å². The highest BCUT2D eigenvalue weighted by Crippen LogP contribution is 2.30. The number of piperazine rings is 1. The molecule has 162 valence electrons. The number of nitrogens with zero attached hydrogens (tertiary/aromatic N) is 4. The minimum Gasteiger partial charge on any atom is -0.382 e. The molecule has 0 aliphatic carbocycles. The first-order valence-electron chi connectivity index (χ1n) is 10.3. The van der Waals surface area contributed by atoms with Gasteiger partial charge in [0.2, 0.25) is 10.0 Å². The van der Waals surface area contributed by atoms with E-state index in [2.05, 4.69) is 29.0 Å². The highest BCUT2D eigenvalue weighted by atomic mass is 32.2. The molecule has 2 fully saturated rings. The zero-order valence-electron chi connectivity index (χ0n) is 17.2. The average molecular weight is 426 g/mol. The summed E-state index contributed by atoms with van der Waals surface area (Å²) in [5.41, 5.74) is 0.221. The lowest BCUT2D eigenvalue weighted by Gasteiger charge is -2.37. The van der Waals surface area contributed by atoms with Gasteiger partial charge in [0.1, 0.15) is 4.90 Å². The predicted octanol–water partition coefficient (Wildman–Crippen LogP) is 1.82. The third-order valence-electron chi connectivity index (χ3n) is 5.92. The second kappa shape index (κ2) is 9.38. The van der Waals surface area contributed by atoms with Gasteiger partial charge in [-0.1, -0.05) is 6.92 Å². The molecule has 0 bridgehead atoms. The second-order valence-corrected chi connectivity index (χ2v) is 9.66. The Morgan fingerprint density at radius 3 is 2.38 bits per heavy atom. The third kappa shape index (κ3) is 5.06. The van der Waals surface area contributed by atoms with Crippen molar-refractivity contribution in [1.29, 1.82) is 0 Å². The summed E-state index contributed by atoms with van der Waals surface area (Å²) < 4.78 is 27.6. The van der Waals surface area contributed by atoms with Gasteiger partial charge in [0.05, 0.1) is 10.6 Å². The summed E-state index contributed by atoms with van der Waals surface area (Å²) in [5, 5.41) is 14.5. The van der Waals surface area contributed by atoms with E-state index in [0.717, 1.165) is 45.6 Å². The van der Waals surface area contributed by atoms with Crippen molar-refractivity contribution < 1.29 is 13.3 Å². The van der Waals surface area contributed by atoms with Crippen LogP contribution in [0.3, 0.4) is 0 Å². The molecular weight excluding hydrogens is 394 g/mol. The minimum absolute atomic E-state index is 0.00315. The number of nitro groups is 1. The van der Waals surface area contributed by atoms with Crippen molar-refractivity contribution in [2.75, 3.05) is 57.7 Å². The predicted molar refractivity (Wildman–Crippen MR) is 113 cm³/mol. The zero-order valence-corrected chi connectivity index (χ0v) is 18.0. The average Bonchev–Trinajstić information content (AvgIpc) is 3.27. The number of nitro benzene ring substituents is 1. The van der Waals surface area contributed by atoms with Crippen molar-refractivity contribution in [3.05, 3.63) is 28.3 Å². The SMILES string of the molecule is CCN1CCN(C(C)CNc2ccc([N+](=O)[O-])cc2S(=O)(=O)N2CCCC2)CC1. The van der Waals surface area contributed by atoms with E-state index < -0.39 is 14.9 Å². The van der Waals surface area contributed by atoms with Crippen molar-refractivity contribution >= 4 is 21.4 Å². The maximum absolute atomic E-state index is 13.1. The summed E-state index contributed by atoms with van der Waals surface area (Å²) in [7, 11) is -3.76. The van der Waals surface area contributed by atoms with Gasteiger partial charge in [0.25, 0.3) is 5.69 Å². The van der Waals surface area contributed by atoms with E-state index >= 15 is 0 Å². The molecule has 0 saturated carbocycles. The fourth-order valence-electron chi connectivity index (χ4n) is 3.96. The molecule has 29 heavy (non-hydrogen) atoms. The van der Waals surface area contributed by atoms with Crippen LogP contribution in [0.2, 0.25) is 0 Å². The van der Waals surface area contributed by atoms with Gasteiger partial charge in [-0.3, -0.25) is 15.0 Å². The first-order valence-corrected chi connectivity index (χ1v) is 11.8. The Hall–Kier alpha value is -1.75. The molecule has 0 aromatic heterocycles. The van der Waals surface area contributed by atoms with Crippen molar-refractivity contribution in [2.45, 2.75) is 37.6 Å². The number of sulfonamides is 1. The fourth-order valence-corrected chi connectivity index (χ4v) is 5.66. The minimum atomic E-state index is -3.76. The maximum Gasteiger partial charge on any atom is 0.270 e. The summed E-state index contributed by atoms with van der Waals surface area (Å²) in [6, 6.07) is 4.28. The summed E-state index contributed by atoms with van der Waals surface area (Å²) in [6.07, 6.45) is 1.63. The monoisotopic (exact) mass is 425 g/mol. The highest BCUT2D eigenvalue weighted by Gasteiger charge is 2.31. The van der Waals surface area contributed by atoms with Crippen molar-refractivity contribution in [3.63, 3.8) is 0 Å². The van der Waals surface area contributed by atoms with Crippen LogP contribution in [0, 0.1) is 10.1 Å². The second-order valence-electron chi connectivity index (χ2n) is 7.75. The van der Waals surface area contributed by atoms with Gasteiger partial charge >= 0.3 is 0 Å². The molecule has 3 rings (SSSR count). The molecule has 0 radical (unpaired) electrons. The quantitative estimate of drug-likeness (QED) is 0.501. The molecule has 10 heteroatoms. The normalized spacial score (nSPS) is 20.6. The number of hydrogen-bond acceptors (Lipinski definition) is 7. The van der Waals surface area contributed by atoms with E-state index in [-0.39, 0.29) is 16.6 Å². The third-order valence-corrected chi connectivity index (χ3v) is 7.86. The summed E-state index contributed by atoms with van der Waals surface area (Å²) >= 11 is 0. The Bertz CT molecular complexity index is 818. The summed E-state index contributed by atoms with van der Waals surface area (Å²) in [6.45, 7) is 10.9. The van der Waals surface area contributed by atoms with Gasteiger partial charge in [-0.05, 0) is 32.4 Å². The standard InChI is InChI=1S/C19H31N5O4S/c1-3-21-10-12-22(13-11-21)16(2)15-20-18-7-6-17(24(25)26)14-19(18)29(27,28)23-8-4-5-9-23/h6-7,14,16,20H,3-5,8-13,15H2,1-2H3. The number of anilines is 1. The lowest BCUT2D eigenvalue weighted by molar-refractivity contribution is -0.385. The molecular formula is C19H31N5O4S. The first-order chi connectivity index (χ1) is 13.8. The van der Waals surface area contributed by atoms with Gasteiger partial charge in [0.15, 0.2) is 0 Å². The topological polar surface area (TPSA) is 99.0 Å². The van der Waals surface area contributed by atoms with Crippen LogP contribution in [0.5, 0.6) is 0 Å². The molecule has 1 aromatic rings. The molecule has 2 heterocycles. The highest BCUT2D eigenvalue weighted by molar-refractivity contribution is 7.89. The Balaban J connectivity index is 1.75. The van der Waals surface area contributed by atoms with Crippen molar-refractivity contribution in [2.24, 2.45) is 0 Å². The van der Waals surface area contributed by atoms with Crippen LogP contribution >= 0.6 is 0 Å². The van der Waals surface area contributed by atoms with Crippen LogP contribution in [0.1, 0.15) is 26.7 Å². The first kappa shape index (κ1) is 21.9. The Morgan fingerprint density at radius 1 is 1.14 bits per heavy atom. The number of rotatable bonds is 8. The van der Waals surface area contributed by atoms with Crippen LogP contribution in [0.4, 0.5) is 11.4 Å². The number of non-ortho nitro benzene ring substituents is 1. The molecule has 1 aromatic carbocycles. The molecule has 0 spiro atoms. The van der Waals surface area contributed by atoms with Crippen LogP contribution in [0.25, 0.3) is 0 Å². The van der Waals surface area contributed by atoms with E-state index in [4.69, 9.17) is 0 Å². The largest absolute Gasteiger partial charge is 0.382 e. The van der Waals surface area contributed by atoms with Gasteiger partial charge in [-0.25, -0.2) is 8.42 Å². The molecule has 9 nitrogen and oxygen atoms in total. The fraction of sp³-hybridized carbons (Fsp3) is 0.684. The van der Waals surface area contributed by atoms with Crippen LogP contribution < -0.4 is 5.32 Å². The van der Waals surface area contributed by atoms with Crippen molar-refractivity contribution in [3.8, 4) is 0 Å². The summed E-state index contributed by atoms with van der Waals surface area (Å²) in [5.74, 6) is 0. The molecule has 1 atom stereocenters. The van der Waals surface area contributed by atoms with Crippen molar-refractivity contribution in [1.82, 2.24) is 14.1 Å². The number of hydrogen-bond donors (Lipinski definition) is 1. The maximum atomic E-state index is 13.1. The van der Waals surface area contributed by atoms with Gasteiger partial charge in [-0.15, -0.1) is 0 Å². The summed E-state index contributed by atoms with van der Waals surface area (Å²) in [4.78, 5) is 15.4. The smallest absolute Gasteiger partial charge is 0.270 e. The van der Waals surface area contributed by atoms with Crippen LogP contribution in [-0.2, 0) is 10.0 Å². The van der Waals surface area contributed by atoms with Crippen LogP contribution in [0.15, 0.2) is 23.1 Å². The van der Waals surface area contributed by atoms with Gasteiger partial charge in [0, 0.05) is 64.0 Å². The Labute approximate surface area is 172 Å². The van der Waals surface area contributed by atoms with Crippen LogP contribution in [-0.4, -0.2) is 85.8 Å². The Kier molecular flexibility index (Phi) is 7.10. The van der Waals surface area contributed by atoms with E-state index in [1.54, 1.807) is 0 Å². The van der Waals surface area contributed by atoms with E-state index in [9.17, 15) is 18.5 Å². The molecule has 1 N–H and O–H groups in total. The van der Waals surface area contributed by atoms with E-state index in [1.165, 1.54) is 22.5 Å². The number of nitrogens with one attached hydrogen (secondary N) is 1. The number of benzene rings is 1. The zero-order chi connectivity index (χ0) is 21.0. The molecule has 1 unspecified atom stereocenters. The molecule has 2 aliphatic heterocycles. The van der Waals surface area contributed by atoms with E-state index in [0.29, 0.717) is 25.3 Å². The van der Waals surface area contributed by atoms with Gasteiger partial charge < -0.3 is 10.2 Å². The lowest BCUT2D eigenvalue weighted by atomic mass is 10.2. The molecule has 0 amide bonds. The lowest BCUT2D eigenvalue weighted by Crippen LogP contribution is -2.51.